The first-order valence-corrected chi connectivity index (χ1v) is 9.57. The Morgan fingerprint density at radius 1 is 1.29 bits per heavy atom. The van der Waals surface area contributed by atoms with E-state index in [1.165, 1.54) is 22.7 Å². The van der Waals surface area contributed by atoms with E-state index in [9.17, 15) is 13.5 Å². The number of aromatic nitrogens is 2. The molecule has 0 bridgehead atoms. The number of aryl methyl sites for hydroxylation is 1. The van der Waals surface area contributed by atoms with Gasteiger partial charge in [-0.1, -0.05) is 0 Å². The van der Waals surface area contributed by atoms with E-state index >= 15 is 0 Å². The minimum atomic E-state index is -3.45. The minimum absolute atomic E-state index is 0.134. The van der Waals surface area contributed by atoms with Gasteiger partial charge in [0.15, 0.2) is 0 Å². The molecule has 0 unspecified atom stereocenters. The smallest absolute Gasteiger partial charge is 0.281 e. The van der Waals surface area contributed by atoms with Crippen LogP contribution >= 0.6 is 0 Å². The molecule has 2 saturated heterocycles. The lowest BCUT2D eigenvalue weighted by molar-refractivity contribution is -0.0695. The van der Waals surface area contributed by atoms with Crippen molar-refractivity contribution < 1.29 is 13.5 Å². The number of hydrogen-bond acceptors (Lipinski definition) is 6. The molecule has 0 amide bonds. The topological polar surface area (TPSA) is 89.9 Å². The molecule has 2 aliphatic heterocycles. The molecule has 9 heteroatoms. The number of hydrogen-bond donors (Lipinski definition) is 1. The van der Waals surface area contributed by atoms with Crippen molar-refractivity contribution in [2.24, 2.45) is 5.92 Å². The first-order valence-electron chi connectivity index (χ1n) is 8.17. The molecule has 8 nitrogen and oxygen atoms in total. The van der Waals surface area contributed by atoms with Crippen molar-refractivity contribution >= 4 is 16.0 Å². The molecular formula is C15H25N5O3S. The molecule has 3 rings (SSSR count). The van der Waals surface area contributed by atoms with E-state index in [4.69, 9.17) is 0 Å². The molecule has 0 aliphatic carbocycles. The van der Waals surface area contributed by atoms with Gasteiger partial charge in [-0.3, -0.25) is 0 Å². The average Bonchev–Trinajstić information content (AvgIpc) is 2.53. The van der Waals surface area contributed by atoms with Crippen molar-refractivity contribution in [1.82, 2.24) is 18.6 Å². The van der Waals surface area contributed by atoms with Gasteiger partial charge in [0.2, 0.25) is 0 Å². The lowest BCUT2D eigenvalue weighted by Gasteiger charge is -2.50. The normalized spacial score (nSPS) is 28.9. The highest BCUT2D eigenvalue weighted by Crippen LogP contribution is 2.37. The van der Waals surface area contributed by atoms with Gasteiger partial charge < -0.3 is 10.0 Å². The Bertz CT molecular complexity index is 711. The Kier molecular flexibility index (Phi) is 4.54. The number of anilines is 1. The third-order valence-electron chi connectivity index (χ3n) is 5.11. The minimum Gasteiger partial charge on any atom is -0.389 e. The molecule has 134 valence electrons. The van der Waals surface area contributed by atoms with Crippen molar-refractivity contribution in [1.29, 1.82) is 0 Å². The highest BCUT2D eigenvalue weighted by molar-refractivity contribution is 7.86. The second-order valence-corrected chi connectivity index (χ2v) is 9.00. The van der Waals surface area contributed by atoms with Crippen molar-refractivity contribution in [2.45, 2.75) is 25.4 Å². The largest absolute Gasteiger partial charge is 0.389 e. The standard InChI is InChI=1S/C15H25N5O3S/c1-12-16-7-4-14(17-12)19-8-5-15(21)6-9-20(11-13(15)10-19)24(22,23)18(2)3/h4,7,13,21H,5-6,8-11H2,1-3H3/t13-,15-/m1/s1. The van der Waals surface area contributed by atoms with Crippen LogP contribution in [0.3, 0.4) is 0 Å². The quantitative estimate of drug-likeness (QED) is 0.811. The Hall–Kier alpha value is -1.29. The van der Waals surface area contributed by atoms with Gasteiger partial charge in [-0.15, -0.1) is 0 Å². The van der Waals surface area contributed by atoms with Crippen LogP contribution in [0.25, 0.3) is 0 Å². The van der Waals surface area contributed by atoms with E-state index in [2.05, 4.69) is 14.9 Å². The van der Waals surface area contributed by atoms with Gasteiger partial charge >= 0.3 is 0 Å². The van der Waals surface area contributed by atoms with E-state index in [-0.39, 0.29) is 5.92 Å². The summed E-state index contributed by atoms with van der Waals surface area (Å²) in [6, 6.07) is 1.86. The first-order chi connectivity index (χ1) is 11.2. The van der Waals surface area contributed by atoms with E-state index in [0.717, 1.165) is 5.82 Å². The molecule has 2 fully saturated rings. The summed E-state index contributed by atoms with van der Waals surface area (Å²) in [6.07, 6.45) is 2.82. The summed E-state index contributed by atoms with van der Waals surface area (Å²) in [7, 11) is -0.385. The molecule has 1 aromatic heterocycles. The van der Waals surface area contributed by atoms with Crippen molar-refractivity contribution in [3.63, 3.8) is 0 Å². The Balaban J connectivity index is 1.79. The summed E-state index contributed by atoms with van der Waals surface area (Å²) in [5.74, 6) is 1.40. The number of rotatable bonds is 3. The van der Waals surface area contributed by atoms with Crippen LogP contribution in [-0.2, 0) is 10.2 Å². The fourth-order valence-corrected chi connectivity index (χ4v) is 4.69. The highest BCUT2D eigenvalue weighted by atomic mass is 32.2. The van der Waals surface area contributed by atoms with Crippen LogP contribution in [0.2, 0.25) is 0 Å². The monoisotopic (exact) mass is 355 g/mol. The summed E-state index contributed by atoms with van der Waals surface area (Å²) in [4.78, 5) is 10.7. The summed E-state index contributed by atoms with van der Waals surface area (Å²) < 4.78 is 27.5. The van der Waals surface area contributed by atoms with Crippen molar-refractivity contribution in [3.05, 3.63) is 18.1 Å². The molecule has 24 heavy (non-hydrogen) atoms. The molecular weight excluding hydrogens is 330 g/mol. The predicted octanol–water partition coefficient (Wildman–Crippen LogP) is -0.145. The van der Waals surface area contributed by atoms with E-state index in [1.54, 1.807) is 6.20 Å². The zero-order valence-corrected chi connectivity index (χ0v) is 15.2. The second kappa shape index (κ2) is 6.21. The van der Waals surface area contributed by atoms with Crippen LogP contribution in [0.4, 0.5) is 5.82 Å². The molecule has 1 aromatic rings. The number of aliphatic hydroxyl groups is 1. The van der Waals surface area contributed by atoms with E-state index in [0.29, 0.717) is 44.8 Å². The molecule has 0 saturated carbocycles. The molecule has 1 N–H and O–H groups in total. The summed E-state index contributed by atoms with van der Waals surface area (Å²) in [5, 5.41) is 10.9. The first kappa shape index (κ1) is 17.5. The number of nitrogens with zero attached hydrogens (tertiary/aromatic N) is 5. The molecule has 0 aromatic carbocycles. The Morgan fingerprint density at radius 3 is 2.67 bits per heavy atom. The van der Waals surface area contributed by atoms with Crippen LogP contribution in [-0.4, -0.2) is 78.0 Å². The maximum Gasteiger partial charge on any atom is 0.281 e. The lowest BCUT2D eigenvalue weighted by Crippen LogP contribution is -2.61. The molecule has 2 aliphatic rings. The van der Waals surface area contributed by atoms with Crippen LogP contribution in [0.1, 0.15) is 18.7 Å². The second-order valence-electron chi connectivity index (χ2n) is 6.86. The highest BCUT2D eigenvalue weighted by Gasteiger charge is 2.47. The van der Waals surface area contributed by atoms with Gasteiger partial charge in [-0.2, -0.15) is 17.0 Å². The average molecular weight is 355 g/mol. The van der Waals surface area contributed by atoms with Gasteiger partial charge in [0.05, 0.1) is 5.60 Å². The van der Waals surface area contributed by atoms with Crippen molar-refractivity contribution in [3.8, 4) is 0 Å². The predicted molar refractivity (Wildman–Crippen MR) is 90.8 cm³/mol. The van der Waals surface area contributed by atoms with E-state index in [1.807, 2.05) is 13.0 Å². The fraction of sp³-hybridized carbons (Fsp3) is 0.733. The van der Waals surface area contributed by atoms with Crippen LogP contribution in [0.15, 0.2) is 12.3 Å². The van der Waals surface area contributed by atoms with Crippen LogP contribution < -0.4 is 4.90 Å². The molecule has 3 heterocycles. The van der Waals surface area contributed by atoms with Gasteiger partial charge in [0.1, 0.15) is 11.6 Å². The summed E-state index contributed by atoms with van der Waals surface area (Å²) in [6.45, 7) is 3.84. The third kappa shape index (κ3) is 3.13. The number of fused-ring (bicyclic) bond motifs is 1. The summed E-state index contributed by atoms with van der Waals surface area (Å²) in [5.41, 5.74) is -0.795. The zero-order valence-electron chi connectivity index (χ0n) is 14.4. The van der Waals surface area contributed by atoms with Gasteiger partial charge in [0.25, 0.3) is 10.2 Å². The van der Waals surface area contributed by atoms with Crippen LogP contribution in [0.5, 0.6) is 0 Å². The van der Waals surface area contributed by atoms with Crippen LogP contribution in [0, 0.1) is 12.8 Å². The van der Waals surface area contributed by atoms with Gasteiger partial charge in [-0.25, -0.2) is 9.97 Å². The van der Waals surface area contributed by atoms with E-state index < -0.39 is 15.8 Å². The third-order valence-corrected chi connectivity index (χ3v) is 7.01. The lowest BCUT2D eigenvalue weighted by atomic mass is 9.76. The maximum absolute atomic E-state index is 12.4. The van der Waals surface area contributed by atoms with Gasteiger partial charge in [-0.05, 0) is 25.8 Å². The SMILES string of the molecule is Cc1nccc(N2CC[C@@]3(O)CCN(S(=O)(=O)N(C)C)C[C@H]3C2)n1. The fourth-order valence-electron chi connectivity index (χ4n) is 3.54. The molecule has 0 radical (unpaired) electrons. The molecule has 2 atom stereocenters. The maximum atomic E-state index is 12.4. The van der Waals surface area contributed by atoms with Gasteiger partial charge in [0, 0.05) is 52.4 Å². The van der Waals surface area contributed by atoms with Crippen molar-refractivity contribution in [2.75, 3.05) is 45.2 Å². The Morgan fingerprint density at radius 2 is 2.00 bits per heavy atom. The zero-order chi connectivity index (χ0) is 17.5. The summed E-state index contributed by atoms with van der Waals surface area (Å²) >= 11 is 0. The number of piperidine rings is 2. The Labute approximate surface area is 143 Å². The molecule has 0 spiro atoms.